The molecule has 1 aliphatic heterocycles. The molecule has 1 amide bonds. The first kappa shape index (κ1) is 22.8. The summed E-state index contributed by atoms with van der Waals surface area (Å²) in [5, 5.41) is 10.6. The Bertz CT molecular complexity index is 1090. The molecule has 1 fully saturated rings. The molecule has 2 heterocycles. The Morgan fingerprint density at radius 3 is 2.39 bits per heavy atom. The van der Waals surface area contributed by atoms with Gasteiger partial charge in [-0.15, -0.1) is 0 Å². The second kappa shape index (κ2) is 8.87. The van der Waals surface area contributed by atoms with Gasteiger partial charge >= 0.3 is 6.09 Å². The summed E-state index contributed by atoms with van der Waals surface area (Å²) in [6.45, 7) is 6.03. The average molecular weight is 446 g/mol. The molecule has 4 rings (SSSR count). The fourth-order valence-electron chi connectivity index (χ4n) is 4.58. The number of nitrogens with zero attached hydrogens (tertiary/aromatic N) is 2. The molecular weight excluding hydrogens is 414 g/mol. The second-order valence-electron chi connectivity index (χ2n) is 9.44. The lowest BCUT2D eigenvalue weighted by atomic mass is 9.80. The van der Waals surface area contributed by atoms with Crippen LogP contribution < -0.4 is 5.73 Å². The number of cyclic esters (lactones) is 1. The summed E-state index contributed by atoms with van der Waals surface area (Å²) < 4.78 is 6.10. The van der Waals surface area contributed by atoms with E-state index in [9.17, 15) is 9.90 Å². The number of amides is 1. The van der Waals surface area contributed by atoms with Gasteiger partial charge < -0.3 is 20.5 Å². The zero-order valence-electron chi connectivity index (χ0n) is 19.4. The van der Waals surface area contributed by atoms with Crippen LogP contribution >= 0.6 is 0 Å². The number of aliphatic hydroxyl groups is 1. The van der Waals surface area contributed by atoms with Crippen LogP contribution in [0.5, 0.6) is 0 Å². The van der Waals surface area contributed by atoms with Crippen LogP contribution in [0.2, 0.25) is 0 Å². The molecule has 0 saturated carbocycles. The number of ether oxygens (including phenoxy) is 1. The molecule has 1 unspecified atom stereocenters. The van der Waals surface area contributed by atoms with Gasteiger partial charge in [0.15, 0.2) is 0 Å². The van der Waals surface area contributed by atoms with Crippen LogP contribution in [0.15, 0.2) is 72.9 Å². The van der Waals surface area contributed by atoms with Gasteiger partial charge in [-0.25, -0.2) is 4.79 Å². The number of rotatable bonds is 6. The molecule has 3 aromatic rings. The fourth-order valence-corrected chi connectivity index (χ4v) is 4.58. The van der Waals surface area contributed by atoms with E-state index in [4.69, 9.17) is 10.5 Å². The quantitative estimate of drug-likeness (QED) is 0.538. The molecular formula is C27H31N3O3. The fraction of sp³-hybridized carbons (Fsp3) is 0.333. The van der Waals surface area contributed by atoms with Gasteiger partial charge in [0, 0.05) is 24.9 Å². The Morgan fingerprint density at radius 1 is 1.12 bits per heavy atom. The predicted molar refractivity (Wildman–Crippen MR) is 129 cm³/mol. The third-order valence-corrected chi connectivity index (χ3v) is 6.23. The molecule has 1 aliphatic rings. The SMILES string of the molecule is C[C@@H](c1ccc(-c2ccc(N)cn2)cc1)N1CCC(CC(C)(C)O)(c2ccccc2)OC1=O. The van der Waals surface area contributed by atoms with Crippen molar-refractivity contribution >= 4 is 11.8 Å². The summed E-state index contributed by atoms with van der Waals surface area (Å²) in [6, 6.07) is 21.3. The van der Waals surface area contributed by atoms with Crippen LogP contribution in [0.25, 0.3) is 11.3 Å². The van der Waals surface area contributed by atoms with E-state index in [1.807, 2.05) is 73.7 Å². The minimum Gasteiger partial charge on any atom is -0.438 e. The summed E-state index contributed by atoms with van der Waals surface area (Å²) in [5.74, 6) is 0. The van der Waals surface area contributed by atoms with Gasteiger partial charge in [-0.1, -0.05) is 54.6 Å². The van der Waals surface area contributed by atoms with Crippen LogP contribution in [-0.4, -0.2) is 33.2 Å². The van der Waals surface area contributed by atoms with Gasteiger partial charge in [0.25, 0.3) is 0 Å². The van der Waals surface area contributed by atoms with Crippen LogP contribution in [0.3, 0.4) is 0 Å². The Balaban J connectivity index is 1.53. The molecule has 0 spiro atoms. The van der Waals surface area contributed by atoms with E-state index >= 15 is 0 Å². The summed E-state index contributed by atoms with van der Waals surface area (Å²) in [7, 11) is 0. The average Bonchev–Trinajstić information content (AvgIpc) is 2.79. The molecule has 6 nitrogen and oxygen atoms in total. The molecule has 0 bridgehead atoms. The third-order valence-electron chi connectivity index (χ3n) is 6.23. The first-order chi connectivity index (χ1) is 15.7. The van der Waals surface area contributed by atoms with Crippen molar-refractivity contribution in [1.82, 2.24) is 9.88 Å². The number of carbonyl (C=O) groups excluding carboxylic acids is 1. The summed E-state index contributed by atoms with van der Waals surface area (Å²) in [6.07, 6.45) is 2.21. The highest BCUT2D eigenvalue weighted by molar-refractivity contribution is 5.70. The zero-order valence-corrected chi connectivity index (χ0v) is 19.4. The number of hydrogen-bond acceptors (Lipinski definition) is 5. The van der Waals surface area contributed by atoms with E-state index in [-0.39, 0.29) is 12.1 Å². The highest BCUT2D eigenvalue weighted by atomic mass is 16.6. The molecule has 1 aromatic heterocycles. The predicted octanol–water partition coefficient (Wildman–Crippen LogP) is 5.29. The van der Waals surface area contributed by atoms with Crippen molar-refractivity contribution < 1.29 is 14.6 Å². The Labute approximate surface area is 195 Å². The maximum atomic E-state index is 13.2. The highest BCUT2D eigenvalue weighted by Crippen LogP contribution is 2.42. The van der Waals surface area contributed by atoms with Gasteiger partial charge in [-0.05, 0) is 44.0 Å². The van der Waals surface area contributed by atoms with Crippen molar-refractivity contribution in [3.8, 4) is 11.3 Å². The van der Waals surface area contributed by atoms with E-state index in [1.54, 1.807) is 24.9 Å². The van der Waals surface area contributed by atoms with Gasteiger partial charge in [0.2, 0.25) is 0 Å². The maximum absolute atomic E-state index is 13.2. The van der Waals surface area contributed by atoms with Crippen molar-refractivity contribution in [2.75, 3.05) is 12.3 Å². The summed E-state index contributed by atoms with van der Waals surface area (Å²) >= 11 is 0. The lowest BCUT2D eigenvalue weighted by molar-refractivity contribution is -0.101. The van der Waals surface area contributed by atoms with Crippen LogP contribution in [-0.2, 0) is 10.3 Å². The minimum atomic E-state index is -0.976. The third kappa shape index (κ3) is 5.01. The van der Waals surface area contributed by atoms with Crippen LogP contribution in [0.1, 0.15) is 50.8 Å². The molecule has 6 heteroatoms. The van der Waals surface area contributed by atoms with Crippen molar-refractivity contribution in [1.29, 1.82) is 0 Å². The first-order valence-electron chi connectivity index (χ1n) is 11.3. The van der Waals surface area contributed by atoms with Gasteiger partial charge in [-0.2, -0.15) is 0 Å². The zero-order chi connectivity index (χ0) is 23.6. The molecule has 172 valence electrons. The van der Waals surface area contributed by atoms with Crippen molar-refractivity contribution in [3.63, 3.8) is 0 Å². The van der Waals surface area contributed by atoms with Gasteiger partial charge in [-0.3, -0.25) is 4.98 Å². The molecule has 3 N–H and O–H groups in total. The topological polar surface area (TPSA) is 88.7 Å². The van der Waals surface area contributed by atoms with E-state index in [0.717, 1.165) is 22.4 Å². The van der Waals surface area contributed by atoms with E-state index in [1.165, 1.54) is 0 Å². The monoisotopic (exact) mass is 445 g/mol. The number of pyridine rings is 1. The standard InChI is InChI=1S/C27H31N3O3/c1-19(20-9-11-21(12-10-20)24-14-13-23(28)17-29-24)30-16-15-27(33-25(30)31,18-26(2,3)32)22-7-5-4-6-8-22/h4-14,17,19,32H,15-16,18,28H2,1-3H3/t19-,27?/m0/s1. The van der Waals surface area contributed by atoms with E-state index in [0.29, 0.717) is 25.1 Å². The molecule has 0 radical (unpaired) electrons. The number of carbonyl (C=O) groups is 1. The number of hydrogen-bond donors (Lipinski definition) is 2. The molecule has 2 atom stereocenters. The molecule has 0 aliphatic carbocycles. The molecule has 33 heavy (non-hydrogen) atoms. The summed E-state index contributed by atoms with van der Waals surface area (Å²) in [4.78, 5) is 19.3. The van der Waals surface area contributed by atoms with Gasteiger partial charge in [0.1, 0.15) is 5.60 Å². The number of nitrogen functional groups attached to an aromatic ring is 1. The number of aromatic nitrogens is 1. The van der Waals surface area contributed by atoms with E-state index in [2.05, 4.69) is 4.98 Å². The highest BCUT2D eigenvalue weighted by Gasteiger charge is 2.46. The Hall–Kier alpha value is -3.38. The van der Waals surface area contributed by atoms with Crippen LogP contribution in [0.4, 0.5) is 10.5 Å². The van der Waals surface area contributed by atoms with E-state index < -0.39 is 11.2 Å². The number of benzene rings is 2. The smallest absolute Gasteiger partial charge is 0.411 e. The Kier molecular flexibility index (Phi) is 6.13. The van der Waals surface area contributed by atoms with Crippen molar-refractivity contribution in [2.45, 2.75) is 50.9 Å². The summed E-state index contributed by atoms with van der Waals surface area (Å²) in [5.41, 5.74) is 8.29. The number of nitrogens with two attached hydrogens (primary N) is 1. The molecule has 2 aromatic carbocycles. The van der Waals surface area contributed by atoms with Crippen molar-refractivity contribution in [2.24, 2.45) is 0 Å². The lowest BCUT2D eigenvalue weighted by Gasteiger charge is -2.45. The first-order valence-corrected chi connectivity index (χ1v) is 11.3. The molecule has 1 saturated heterocycles. The van der Waals surface area contributed by atoms with Crippen LogP contribution in [0, 0.1) is 0 Å². The minimum absolute atomic E-state index is 0.151. The maximum Gasteiger partial charge on any atom is 0.411 e. The second-order valence-corrected chi connectivity index (χ2v) is 9.44. The lowest BCUT2D eigenvalue weighted by Crippen LogP contribution is -2.51. The number of anilines is 1. The van der Waals surface area contributed by atoms with Gasteiger partial charge in [0.05, 0.1) is 29.2 Å². The normalized spacial score (nSPS) is 19.8. The Morgan fingerprint density at radius 2 is 1.82 bits per heavy atom. The van der Waals surface area contributed by atoms with Crippen molar-refractivity contribution in [3.05, 3.63) is 84.1 Å². The largest absolute Gasteiger partial charge is 0.438 e.